The maximum absolute atomic E-state index is 13.6. The highest BCUT2D eigenvalue weighted by Gasteiger charge is 2.12. The van der Waals surface area contributed by atoms with Crippen LogP contribution in [0, 0.1) is 11.2 Å². The van der Waals surface area contributed by atoms with E-state index < -0.39 is 5.82 Å². The lowest BCUT2D eigenvalue weighted by atomic mass is 10.1. The SMILES string of the molecule is COc1ccc(COc2cccc(F)c2C(=N)N)cc1.Cl. The van der Waals surface area contributed by atoms with E-state index in [9.17, 15) is 4.39 Å². The lowest BCUT2D eigenvalue weighted by Gasteiger charge is -2.11. The summed E-state index contributed by atoms with van der Waals surface area (Å²) in [6.07, 6.45) is 0. The lowest BCUT2D eigenvalue weighted by molar-refractivity contribution is 0.303. The third kappa shape index (κ3) is 4.10. The fourth-order valence-corrected chi connectivity index (χ4v) is 1.77. The Morgan fingerprint density at radius 3 is 2.43 bits per heavy atom. The first-order valence-corrected chi connectivity index (χ1v) is 6.00. The van der Waals surface area contributed by atoms with Gasteiger partial charge in [-0.15, -0.1) is 12.4 Å². The van der Waals surface area contributed by atoms with Gasteiger partial charge in [-0.05, 0) is 29.8 Å². The van der Waals surface area contributed by atoms with Gasteiger partial charge in [0.1, 0.15) is 29.8 Å². The van der Waals surface area contributed by atoms with E-state index in [0.717, 1.165) is 11.3 Å². The van der Waals surface area contributed by atoms with Gasteiger partial charge in [0.25, 0.3) is 0 Å². The highest BCUT2D eigenvalue weighted by Crippen LogP contribution is 2.22. The minimum atomic E-state index is -0.565. The smallest absolute Gasteiger partial charge is 0.137 e. The zero-order valence-electron chi connectivity index (χ0n) is 11.4. The Morgan fingerprint density at radius 2 is 1.86 bits per heavy atom. The quantitative estimate of drug-likeness (QED) is 0.658. The van der Waals surface area contributed by atoms with Crippen molar-refractivity contribution < 1.29 is 13.9 Å². The predicted molar refractivity (Wildman–Crippen MR) is 82.0 cm³/mol. The largest absolute Gasteiger partial charge is 0.497 e. The number of nitrogens with two attached hydrogens (primary N) is 1. The summed E-state index contributed by atoms with van der Waals surface area (Å²) in [5.41, 5.74) is 6.26. The Balaban J connectivity index is 0.00000220. The molecule has 0 aliphatic heterocycles. The van der Waals surface area contributed by atoms with Gasteiger partial charge in [-0.25, -0.2) is 4.39 Å². The molecule has 0 aromatic heterocycles. The van der Waals surface area contributed by atoms with Crippen LogP contribution in [0.2, 0.25) is 0 Å². The van der Waals surface area contributed by atoms with Crippen molar-refractivity contribution in [3.8, 4) is 11.5 Å². The van der Waals surface area contributed by atoms with Gasteiger partial charge in [-0.1, -0.05) is 18.2 Å². The van der Waals surface area contributed by atoms with Crippen molar-refractivity contribution in [1.82, 2.24) is 0 Å². The minimum absolute atomic E-state index is 0. The first kappa shape index (κ1) is 16.8. The summed E-state index contributed by atoms with van der Waals surface area (Å²) >= 11 is 0. The van der Waals surface area contributed by atoms with E-state index in [4.69, 9.17) is 20.6 Å². The molecular formula is C15H16ClFN2O2. The zero-order valence-corrected chi connectivity index (χ0v) is 12.2. The maximum Gasteiger partial charge on any atom is 0.137 e. The van der Waals surface area contributed by atoms with Gasteiger partial charge in [-0.2, -0.15) is 0 Å². The van der Waals surface area contributed by atoms with E-state index in [0.29, 0.717) is 0 Å². The van der Waals surface area contributed by atoms with Crippen molar-refractivity contribution in [1.29, 1.82) is 5.41 Å². The van der Waals surface area contributed by atoms with Gasteiger partial charge in [0.15, 0.2) is 0 Å². The average molecular weight is 311 g/mol. The van der Waals surface area contributed by atoms with Crippen LogP contribution in [0.1, 0.15) is 11.1 Å². The second-order valence-corrected chi connectivity index (χ2v) is 4.16. The van der Waals surface area contributed by atoms with E-state index in [-0.39, 0.29) is 36.2 Å². The van der Waals surface area contributed by atoms with Gasteiger partial charge < -0.3 is 15.2 Å². The molecule has 6 heteroatoms. The molecule has 4 nitrogen and oxygen atoms in total. The summed E-state index contributed by atoms with van der Waals surface area (Å²) in [5.74, 6) is 0.0924. The maximum atomic E-state index is 13.6. The number of hydrogen-bond donors (Lipinski definition) is 2. The Kier molecular flexibility index (Phi) is 5.99. The molecule has 2 aromatic carbocycles. The summed E-state index contributed by atoms with van der Waals surface area (Å²) in [7, 11) is 1.59. The molecule has 0 amide bonds. The third-order valence-electron chi connectivity index (χ3n) is 2.80. The summed E-state index contributed by atoms with van der Waals surface area (Å²) < 4.78 is 24.2. The molecule has 0 saturated heterocycles. The van der Waals surface area contributed by atoms with Crippen LogP contribution in [0.4, 0.5) is 4.39 Å². The van der Waals surface area contributed by atoms with E-state index in [1.807, 2.05) is 24.3 Å². The number of benzene rings is 2. The summed E-state index contributed by atoms with van der Waals surface area (Å²) in [5, 5.41) is 7.39. The average Bonchev–Trinajstić information content (AvgIpc) is 2.45. The van der Waals surface area contributed by atoms with Gasteiger partial charge >= 0.3 is 0 Å². The van der Waals surface area contributed by atoms with Gasteiger partial charge in [0.2, 0.25) is 0 Å². The molecule has 0 atom stereocenters. The molecule has 0 spiro atoms. The first-order valence-electron chi connectivity index (χ1n) is 6.00. The van der Waals surface area contributed by atoms with E-state index in [2.05, 4.69) is 0 Å². The number of amidine groups is 1. The van der Waals surface area contributed by atoms with Crippen LogP contribution in [-0.2, 0) is 6.61 Å². The molecule has 2 aromatic rings. The van der Waals surface area contributed by atoms with Crippen LogP contribution in [0.15, 0.2) is 42.5 Å². The number of halogens is 2. The van der Waals surface area contributed by atoms with E-state index >= 15 is 0 Å². The van der Waals surface area contributed by atoms with Crippen molar-refractivity contribution in [2.45, 2.75) is 6.61 Å². The molecule has 0 aliphatic carbocycles. The second kappa shape index (κ2) is 7.50. The Labute approximate surface area is 128 Å². The van der Waals surface area contributed by atoms with Crippen molar-refractivity contribution in [3.63, 3.8) is 0 Å². The molecule has 0 aliphatic rings. The van der Waals surface area contributed by atoms with Crippen LogP contribution >= 0.6 is 12.4 Å². The molecule has 112 valence electrons. The zero-order chi connectivity index (χ0) is 14.5. The highest BCUT2D eigenvalue weighted by molar-refractivity contribution is 5.97. The minimum Gasteiger partial charge on any atom is -0.497 e. The number of methoxy groups -OCH3 is 1. The van der Waals surface area contributed by atoms with Crippen molar-refractivity contribution in [3.05, 3.63) is 59.4 Å². The fraction of sp³-hybridized carbons (Fsp3) is 0.133. The summed E-state index contributed by atoms with van der Waals surface area (Å²) in [6, 6.07) is 11.7. The molecule has 0 radical (unpaired) electrons. The molecular weight excluding hydrogens is 295 g/mol. The standard InChI is InChI=1S/C15H15FN2O2.ClH/c1-19-11-7-5-10(6-8-11)9-20-13-4-2-3-12(16)14(13)15(17)18;/h2-8H,9H2,1H3,(H3,17,18);1H. The van der Waals surface area contributed by atoms with E-state index in [1.165, 1.54) is 12.1 Å². The first-order chi connectivity index (χ1) is 9.61. The van der Waals surface area contributed by atoms with Gasteiger partial charge in [0.05, 0.1) is 12.7 Å². The van der Waals surface area contributed by atoms with Crippen molar-refractivity contribution >= 4 is 18.2 Å². The van der Waals surface area contributed by atoms with Crippen LogP contribution < -0.4 is 15.2 Å². The monoisotopic (exact) mass is 310 g/mol. The molecule has 0 unspecified atom stereocenters. The Hall–Kier alpha value is -2.27. The predicted octanol–water partition coefficient (Wildman–Crippen LogP) is 3.12. The van der Waals surface area contributed by atoms with Crippen LogP contribution in [0.5, 0.6) is 11.5 Å². The number of hydrogen-bond acceptors (Lipinski definition) is 3. The lowest BCUT2D eigenvalue weighted by Crippen LogP contribution is -2.15. The van der Waals surface area contributed by atoms with Crippen molar-refractivity contribution in [2.24, 2.45) is 5.73 Å². The van der Waals surface area contributed by atoms with E-state index in [1.54, 1.807) is 13.2 Å². The molecule has 0 fully saturated rings. The Morgan fingerprint density at radius 1 is 1.19 bits per heavy atom. The number of ether oxygens (including phenoxy) is 2. The van der Waals surface area contributed by atoms with Crippen molar-refractivity contribution in [2.75, 3.05) is 7.11 Å². The molecule has 0 bridgehead atoms. The number of nitrogen functional groups attached to an aromatic ring is 1. The van der Waals surface area contributed by atoms with Gasteiger partial charge in [0, 0.05) is 0 Å². The molecule has 21 heavy (non-hydrogen) atoms. The molecule has 0 saturated carbocycles. The molecule has 2 rings (SSSR count). The Bertz CT molecular complexity index is 618. The van der Waals surface area contributed by atoms with Crippen LogP contribution in [0.3, 0.4) is 0 Å². The van der Waals surface area contributed by atoms with Crippen LogP contribution in [-0.4, -0.2) is 12.9 Å². The topological polar surface area (TPSA) is 68.3 Å². The fourth-order valence-electron chi connectivity index (χ4n) is 1.77. The number of rotatable bonds is 5. The summed E-state index contributed by atoms with van der Waals surface area (Å²) in [4.78, 5) is 0. The molecule has 3 N–H and O–H groups in total. The number of nitrogens with one attached hydrogen (secondary N) is 1. The third-order valence-corrected chi connectivity index (χ3v) is 2.80. The summed E-state index contributed by atoms with van der Waals surface area (Å²) in [6.45, 7) is 0.258. The normalized spacial score (nSPS) is 9.62. The van der Waals surface area contributed by atoms with Gasteiger partial charge in [-0.3, -0.25) is 5.41 Å². The molecule has 0 heterocycles. The second-order valence-electron chi connectivity index (χ2n) is 4.16. The van der Waals surface area contributed by atoms with Crippen LogP contribution in [0.25, 0.3) is 0 Å². The highest BCUT2D eigenvalue weighted by atomic mass is 35.5.